The van der Waals surface area contributed by atoms with Gasteiger partial charge < -0.3 is 9.15 Å². The number of hydrogen-bond acceptors (Lipinski definition) is 3. The summed E-state index contributed by atoms with van der Waals surface area (Å²) < 4.78 is 26.4. The van der Waals surface area contributed by atoms with E-state index in [1.54, 1.807) is 24.3 Å². The minimum Gasteiger partial charge on any atom is -0.459 e. The first-order valence-corrected chi connectivity index (χ1v) is 9.78. The topological polar surface area (TPSA) is 39.4 Å². The molecular formula is C26H21FO3. The molecule has 4 heteroatoms. The van der Waals surface area contributed by atoms with Gasteiger partial charge in [0.25, 0.3) is 0 Å². The standard InChI is InChI=1S/C26H21FO3/c1-17(2)25-21(16-28)24(26(30-25)18-9-5-3-6-10-18)19-13-14-22(27)23(15-19)29-20-11-7-4-8-12-20/h3-17H,1-2H3. The first kappa shape index (κ1) is 19.6. The summed E-state index contributed by atoms with van der Waals surface area (Å²) in [5.74, 6) is 1.34. The highest BCUT2D eigenvalue weighted by Crippen LogP contribution is 2.42. The normalized spacial score (nSPS) is 10.9. The number of ether oxygens (including phenoxy) is 1. The number of benzene rings is 3. The van der Waals surface area contributed by atoms with Crippen LogP contribution < -0.4 is 4.74 Å². The van der Waals surface area contributed by atoms with Gasteiger partial charge in [0.2, 0.25) is 0 Å². The first-order valence-electron chi connectivity index (χ1n) is 9.78. The predicted octanol–water partition coefficient (Wildman–Crippen LogP) is 7.48. The number of furan rings is 1. The fraction of sp³-hybridized carbons (Fsp3) is 0.115. The second kappa shape index (κ2) is 8.37. The van der Waals surface area contributed by atoms with Gasteiger partial charge >= 0.3 is 0 Å². The Labute approximate surface area is 174 Å². The Morgan fingerprint density at radius 3 is 2.20 bits per heavy atom. The van der Waals surface area contributed by atoms with Crippen molar-refractivity contribution in [3.63, 3.8) is 0 Å². The van der Waals surface area contributed by atoms with Crippen LogP contribution in [0.25, 0.3) is 22.5 Å². The molecular weight excluding hydrogens is 379 g/mol. The first-order chi connectivity index (χ1) is 14.6. The van der Waals surface area contributed by atoms with Crippen LogP contribution >= 0.6 is 0 Å². The smallest absolute Gasteiger partial charge is 0.165 e. The second-order valence-electron chi connectivity index (χ2n) is 7.28. The van der Waals surface area contributed by atoms with Gasteiger partial charge in [-0.1, -0.05) is 68.4 Å². The molecule has 0 unspecified atom stereocenters. The van der Waals surface area contributed by atoms with Crippen LogP contribution in [0.3, 0.4) is 0 Å². The lowest BCUT2D eigenvalue weighted by Gasteiger charge is -2.10. The number of para-hydroxylation sites is 1. The molecule has 0 aliphatic heterocycles. The molecule has 0 amide bonds. The lowest BCUT2D eigenvalue weighted by atomic mass is 9.95. The van der Waals surface area contributed by atoms with Crippen molar-refractivity contribution in [1.82, 2.24) is 0 Å². The van der Waals surface area contributed by atoms with Crippen molar-refractivity contribution in [2.45, 2.75) is 19.8 Å². The van der Waals surface area contributed by atoms with Crippen LogP contribution in [0.15, 0.2) is 83.3 Å². The van der Waals surface area contributed by atoms with E-state index in [1.165, 1.54) is 6.07 Å². The molecule has 0 bridgehead atoms. The molecule has 0 saturated carbocycles. The second-order valence-corrected chi connectivity index (χ2v) is 7.28. The monoisotopic (exact) mass is 400 g/mol. The van der Waals surface area contributed by atoms with Gasteiger partial charge in [0, 0.05) is 17.0 Å². The largest absolute Gasteiger partial charge is 0.459 e. The Bertz CT molecular complexity index is 1160. The van der Waals surface area contributed by atoms with Crippen LogP contribution in [0.4, 0.5) is 4.39 Å². The number of halogens is 1. The third-order valence-electron chi connectivity index (χ3n) is 4.84. The van der Waals surface area contributed by atoms with E-state index in [0.717, 1.165) is 11.8 Å². The molecule has 0 aliphatic rings. The minimum atomic E-state index is -0.482. The van der Waals surface area contributed by atoms with Crippen LogP contribution in [0.1, 0.15) is 35.9 Å². The van der Waals surface area contributed by atoms with Crippen LogP contribution in [-0.4, -0.2) is 6.29 Å². The van der Waals surface area contributed by atoms with Crippen molar-refractivity contribution in [1.29, 1.82) is 0 Å². The summed E-state index contributed by atoms with van der Waals surface area (Å²) in [7, 11) is 0. The summed E-state index contributed by atoms with van der Waals surface area (Å²) >= 11 is 0. The number of rotatable bonds is 6. The molecule has 30 heavy (non-hydrogen) atoms. The van der Waals surface area contributed by atoms with Crippen molar-refractivity contribution in [3.05, 3.63) is 96.0 Å². The van der Waals surface area contributed by atoms with E-state index in [4.69, 9.17) is 9.15 Å². The Kier molecular flexibility index (Phi) is 5.48. The average molecular weight is 400 g/mol. The van der Waals surface area contributed by atoms with Crippen molar-refractivity contribution >= 4 is 6.29 Å². The van der Waals surface area contributed by atoms with Gasteiger partial charge in [-0.15, -0.1) is 0 Å². The molecule has 0 fully saturated rings. The molecule has 0 aliphatic carbocycles. The third-order valence-corrected chi connectivity index (χ3v) is 4.84. The summed E-state index contributed by atoms with van der Waals surface area (Å²) in [5, 5.41) is 0. The minimum absolute atomic E-state index is 0.0156. The van der Waals surface area contributed by atoms with Gasteiger partial charge in [-0.05, 0) is 29.8 Å². The fourth-order valence-electron chi connectivity index (χ4n) is 3.44. The average Bonchev–Trinajstić information content (AvgIpc) is 3.17. The summed E-state index contributed by atoms with van der Waals surface area (Å²) in [6, 6.07) is 23.2. The van der Waals surface area contributed by atoms with Gasteiger partial charge in [0.05, 0.1) is 5.56 Å². The maximum atomic E-state index is 14.5. The van der Waals surface area contributed by atoms with E-state index in [0.29, 0.717) is 34.0 Å². The molecule has 150 valence electrons. The Hall–Kier alpha value is -3.66. The summed E-state index contributed by atoms with van der Waals surface area (Å²) in [5.41, 5.74) is 2.61. The molecule has 0 N–H and O–H groups in total. The van der Waals surface area contributed by atoms with Crippen molar-refractivity contribution in [3.8, 4) is 33.9 Å². The summed E-state index contributed by atoms with van der Waals surface area (Å²) in [4.78, 5) is 12.0. The summed E-state index contributed by atoms with van der Waals surface area (Å²) in [6.45, 7) is 3.94. The highest BCUT2D eigenvalue weighted by molar-refractivity contribution is 5.96. The van der Waals surface area contributed by atoms with Crippen LogP contribution in [-0.2, 0) is 0 Å². The zero-order valence-electron chi connectivity index (χ0n) is 16.8. The number of hydrogen-bond donors (Lipinski definition) is 0. The summed E-state index contributed by atoms with van der Waals surface area (Å²) in [6.07, 6.45) is 0.807. The third kappa shape index (κ3) is 3.77. The maximum absolute atomic E-state index is 14.5. The molecule has 3 nitrogen and oxygen atoms in total. The highest BCUT2D eigenvalue weighted by atomic mass is 19.1. The molecule has 0 saturated heterocycles. The predicted molar refractivity (Wildman–Crippen MR) is 116 cm³/mol. The van der Waals surface area contributed by atoms with Gasteiger partial charge in [0.15, 0.2) is 17.9 Å². The SMILES string of the molecule is CC(C)c1oc(-c2ccccc2)c(-c2ccc(F)c(Oc3ccccc3)c2)c1C=O. The fourth-order valence-corrected chi connectivity index (χ4v) is 3.44. The molecule has 4 rings (SSSR count). The Morgan fingerprint density at radius 1 is 0.900 bits per heavy atom. The van der Waals surface area contributed by atoms with Crippen molar-refractivity contribution in [2.75, 3.05) is 0 Å². The Morgan fingerprint density at radius 2 is 1.57 bits per heavy atom. The van der Waals surface area contributed by atoms with Crippen LogP contribution in [0.5, 0.6) is 11.5 Å². The van der Waals surface area contributed by atoms with E-state index in [9.17, 15) is 9.18 Å². The molecule has 1 aromatic heterocycles. The maximum Gasteiger partial charge on any atom is 0.165 e. The van der Waals surface area contributed by atoms with Gasteiger partial charge in [-0.3, -0.25) is 4.79 Å². The zero-order chi connectivity index (χ0) is 21.1. The number of carbonyl (C=O) groups is 1. The lowest BCUT2D eigenvalue weighted by Crippen LogP contribution is -1.94. The molecule has 1 heterocycles. The number of carbonyl (C=O) groups excluding carboxylic acids is 1. The highest BCUT2D eigenvalue weighted by Gasteiger charge is 2.25. The van der Waals surface area contributed by atoms with Crippen molar-refractivity contribution < 1.29 is 18.3 Å². The van der Waals surface area contributed by atoms with Crippen LogP contribution in [0.2, 0.25) is 0 Å². The Balaban J connectivity index is 1.89. The van der Waals surface area contributed by atoms with Gasteiger partial charge in [0.1, 0.15) is 17.3 Å². The molecule has 0 radical (unpaired) electrons. The van der Waals surface area contributed by atoms with Gasteiger partial charge in [-0.25, -0.2) is 4.39 Å². The van der Waals surface area contributed by atoms with Crippen molar-refractivity contribution in [2.24, 2.45) is 0 Å². The molecule has 3 aromatic carbocycles. The van der Waals surface area contributed by atoms with E-state index in [2.05, 4.69) is 0 Å². The van der Waals surface area contributed by atoms with E-state index in [1.807, 2.05) is 62.4 Å². The van der Waals surface area contributed by atoms with Gasteiger partial charge in [-0.2, -0.15) is 0 Å². The van der Waals surface area contributed by atoms with Crippen LogP contribution in [0, 0.1) is 5.82 Å². The van der Waals surface area contributed by atoms with E-state index >= 15 is 0 Å². The number of aldehydes is 1. The quantitative estimate of drug-likeness (QED) is 0.315. The van der Waals surface area contributed by atoms with E-state index in [-0.39, 0.29) is 11.7 Å². The van der Waals surface area contributed by atoms with E-state index < -0.39 is 5.82 Å². The zero-order valence-corrected chi connectivity index (χ0v) is 16.8. The molecule has 0 atom stereocenters. The molecule has 0 spiro atoms. The molecule has 4 aromatic rings. The lowest BCUT2D eigenvalue weighted by molar-refractivity contribution is 0.112.